The van der Waals surface area contributed by atoms with E-state index in [1.54, 1.807) is 0 Å². The van der Waals surface area contributed by atoms with Crippen molar-refractivity contribution in [3.8, 4) is 0 Å². The SMILES string of the molecule is CS(=O)(=O)CCNC(=O)N[C@@H](c1ccc(Br)cc1)C1CCC1. The van der Waals surface area contributed by atoms with Gasteiger partial charge in [-0.2, -0.15) is 0 Å². The van der Waals surface area contributed by atoms with E-state index in [0.29, 0.717) is 5.92 Å². The van der Waals surface area contributed by atoms with Crippen LogP contribution in [0.3, 0.4) is 0 Å². The fourth-order valence-corrected chi connectivity index (χ4v) is 3.20. The van der Waals surface area contributed by atoms with Gasteiger partial charge in [0.1, 0.15) is 9.84 Å². The zero-order valence-electron chi connectivity index (χ0n) is 12.5. The molecule has 1 aliphatic rings. The second kappa shape index (κ2) is 7.46. The third-order valence-corrected chi connectivity index (χ3v) is 5.37. The molecular formula is C15H21BrN2O3S. The van der Waals surface area contributed by atoms with E-state index in [9.17, 15) is 13.2 Å². The van der Waals surface area contributed by atoms with Gasteiger partial charge >= 0.3 is 6.03 Å². The van der Waals surface area contributed by atoms with Crippen molar-refractivity contribution < 1.29 is 13.2 Å². The molecule has 22 heavy (non-hydrogen) atoms. The molecule has 0 spiro atoms. The fraction of sp³-hybridized carbons (Fsp3) is 0.533. The molecule has 0 aromatic heterocycles. The highest BCUT2D eigenvalue weighted by Crippen LogP contribution is 2.37. The number of benzene rings is 1. The number of carbonyl (C=O) groups excluding carboxylic acids is 1. The van der Waals surface area contributed by atoms with Gasteiger partial charge in [0, 0.05) is 17.3 Å². The van der Waals surface area contributed by atoms with Crippen LogP contribution in [-0.2, 0) is 9.84 Å². The van der Waals surface area contributed by atoms with E-state index in [1.807, 2.05) is 24.3 Å². The Bertz CT molecular complexity index is 612. The zero-order valence-corrected chi connectivity index (χ0v) is 14.9. The first kappa shape index (κ1) is 17.3. The molecule has 1 atom stereocenters. The van der Waals surface area contributed by atoms with Crippen molar-refractivity contribution in [3.63, 3.8) is 0 Å². The molecule has 2 amide bonds. The normalized spacial score (nSPS) is 16.6. The highest BCUT2D eigenvalue weighted by atomic mass is 79.9. The van der Waals surface area contributed by atoms with Crippen LogP contribution in [0.2, 0.25) is 0 Å². The van der Waals surface area contributed by atoms with Crippen molar-refractivity contribution in [1.82, 2.24) is 10.6 Å². The average Bonchev–Trinajstić information content (AvgIpc) is 2.35. The molecule has 0 heterocycles. The molecule has 1 aromatic carbocycles. The van der Waals surface area contributed by atoms with Gasteiger partial charge in [-0.3, -0.25) is 0 Å². The smallest absolute Gasteiger partial charge is 0.315 e. The summed E-state index contributed by atoms with van der Waals surface area (Å²) in [6, 6.07) is 7.59. The number of hydrogen-bond donors (Lipinski definition) is 2. The van der Waals surface area contributed by atoms with Gasteiger partial charge in [0.2, 0.25) is 0 Å². The summed E-state index contributed by atoms with van der Waals surface area (Å²) in [4.78, 5) is 12.0. The lowest BCUT2D eigenvalue weighted by atomic mass is 9.77. The summed E-state index contributed by atoms with van der Waals surface area (Å²) in [5.41, 5.74) is 1.08. The van der Waals surface area contributed by atoms with Gasteiger partial charge in [-0.1, -0.05) is 34.5 Å². The van der Waals surface area contributed by atoms with Gasteiger partial charge in [-0.15, -0.1) is 0 Å². The Labute approximate surface area is 139 Å². The van der Waals surface area contributed by atoms with Crippen LogP contribution >= 0.6 is 15.9 Å². The summed E-state index contributed by atoms with van der Waals surface area (Å²) in [5, 5.41) is 5.60. The summed E-state index contributed by atoms with van der Waals surface area (Å²) < 4.78 is 23.2. The fourth-order valence-electron chi connectivity index (χ4n) is 2.46. The van der Waals surface area contributed by atoms with Gasteiger partial charge < -0.3 is 10.6 Å². The number of nitrogens with one attached hydrogen (secondary N) is 2. The molecule has 0 saturated heterocycles. The molecule has 1 fully saturated rings. The number of carbonyl (C=O) groups is 1. The summed E-state index contributed by atoms with van der Waals surface area (Å²) >= 11 is 3.41. The van der Waals surface area contributed by atoms with Crippen molar-refractivity contribution in [2.45, 2.75) is 25.3 Å². The standard InChI is InChI=1S/C15H21BrN2O3S/c1-22(20,21)10-9-17-15(19)18-14(11-3-2-4-11)12-5-7-13(16)8-6-12/h5-8,11,14H,2-4,9-10H2,1H3,(H2,17,18,19)/t14-/m1/s1. The lowest BCUT2D eigenvalue weighted by Gasteiger charge is -2.34. The second-order valence-corrected chi connectivity index (χ2v) is 8.93. The zero-order chi connectivity index (χ0) is 16.2. The Kier molecular flexibility index (Phi) is 5.86. The second-order valence-electron chi connectivity index (χ2n) is 5.75. The van der Waals surface area contributed by atoms with Crippen LogP contribution in [0.15, 0.2) is 28.7 Å². The lowest BCUT2D eigenvalue weighted by Crippen LogP contribution is -2.43. The van der Waals surface area contributed by atoms with Crippen molar-refractivity contribution in [2.24, 2.45) is 5.92 Å². The van der Waals surface area contributed by atoms with E-state index in [4.69, 9.17) is 0 Å². The van der Waals surface area contributed by atoms with Crippen molar-refractivity contribution in [3.05, 3.63) is 34.3 Å². The van der Waals surface area contributed by atoms with E-state index in [-0.39, 0.29) is 24.4 Å². The predicted octanol–water partition coefficient (Wildman–Crippen LogP) is 2.63. The Morgan fingerprint density at radius 3 is 2.45 bits per heavy atom. The topological polar surface area (TPSA) is 75.3 Å². The van der Waals surface area contributed by atoms with Crippen LogP contribution in [0.5, 0.6) is 0 Å². The Balaban J connectivity index is 1.95. The average molecular weight is 389 g/mol. The molecule has 1 saturated carbocycles. The summed E-state index contributed by atoms with van der Waals surface area (Å²) in [6.07, 6.45) is 4.55. The van der Waals surface area contributed by atoms with Gasteiger partial charge in [-0.25, -0.2) is 13.2 Å². The van der Waals surface area contributed by atoms with E-state index in [0.717, 1.165) is 29.1 Å². The first-order valence-electron chi connectivity index (χ1n) is 7.33. The Morgan fingerprint density at radius 2 is 1.95 bits per heavy atom. The molecule has 2 N–H and O–H groups in total. The minimum absolute atomic E-state index is 0.0277. The quantitative estimate of drug-likeness (QED) is 0.786. The van der Waals surface area contributed by atoms with E-state index in [2.05, 4.69) is 26.6 Å². The molecule has 2 rings (SSSR count). The van der Waals surface area contributed by atoms with E-state index >= 15 is 0 Å². The minimum atomic E-state index is -3.06. The number of sulfone groups is 1. The molecule has 0 bridgehead atoms. The molecule has 0 aliphatic heterocycles. The molecule has 0 unspecified atom stereocenters. The molecule has 0 radical (unpaired) electrons. The minimum Gasteiger partial charge on any atom is -0.337 e. The summed E-state index contributed by atoms with van der Waals surface area (Å²) in [5.74, 6) is 0.397. The molecule has 122 valence electrons. The maximum absolute atomic E-state index is 12.0. The predicted molar refractivity (Wildman–Crippen MR) is 90.5 cm³/mol. The lowest BCUT2D eigenvalue weighted by molar-refractivity contribution is 0.208. The van der Waals surface area contributed by atoms with Gasteiger partial charge in [-0.05, 0) is 36.5 Å². The maximum Gasteiger partial charge on any atom is 0.315 e. The van der Waals surface area contributed by atoms with Crippen molar-refractivity contribution >= 4 is 31.8 Å². The van der Waals surface area contributed by atoms with Crippen LogP contribution < -0.4 is 10.6 Å². The van der Waals surface area contributed by atoms with Gasteiger partial charge in [0.25, 0.3) is 0 Å². The molecule has 1 aromatic rings. The van der Waals surface area contributed by atoms with Crippen LogP contribution in [0.4, 0.5) is 4.79 Å². The van der Waals surface area contributed by atoms with Gasteiger partial charge in [0.05, 0.1) is 11.8 Å². The number of rotatable bonds is 6. The largest absolute Gasteiger partial charge is 0.337 e. The van der Waals surface area contributed by atoms with Crippen LogP contribution in [0, 0.1) is 5.92 Å². The monoisotopic (exact) mass is 388 g/mol. The molecule has 7 heteroatoms. The first-order valence-corrected chi connectivity index (χ1v) is 10.2. The summed E-state index contributed by atoms with van der Waals surface area (Å²) in [6.45, 7) is 0.127. The van der Waals surface area contributed by atoms with Crippen molar-refractivity contribution in [2.75, 3.05) is 18.6 Å². The van der Waals surface area contributed by atoms with E-state index < -0.39 is 9.84 Å². The van der Waals surface area contributed by atoms with Crippen LogP contribution in [-0.4, -0.2) is 33.0 Å². The highest BCUT2D eigenvalue weighted by Gasteiger charge is 2.29. The molecule has 1 aliphatic carbocycles. The van der Waals surface area contributed by atoms with Crippen molar-refractivity contribution in [1.29, 1.82) is 0 Å². The number of urea groups is 1. The number of halogens is 1. The molecular weight excluding hydrogens is 368 g/mol. The summed E-state index contributed by atoms with van der Waals surface area (Å²) in [7, 11) is -3.06. The van der Waals surface area contributed by atoms with E-state index in [1.165, 1.54) is 6.42 Å². The third kappa shape index (κ3) is 5.28. The van der Waals surface area contributed by atoms with Gasteiger partial charge in [0.15, 0.2) is 0 Å². The third-order valence-electron chi connectivity index (χ3n) is 3.90. The first-order chi connectivity index (χ1) is 10.3. The maximum atomic E-state index is 12.0. The Hall–Kier alpha value is -1.08. The van der Waals surface area contributed by atoms with Crippen LogP contribution in [0.1, 0.15) is 30.9 Å². The number of hydrogen-bond acceptors (Lipinski definition) is 3. The Morgan fingerprint density at radius 1 is 1.32 bits per heavy atom. The highest BCUT2D eigenvalue weighted by molar-refractivity contribution is 9.10. The van der Waals surface area contributed by atoms with Crippen LogP contribution in [0.25, 0.3) is 0 Å². The number of amides is 2. The molecule has 5 nitrogen and oxygen atoms in total.